The molecule has 1 amide bonds. The average molecular weight is 392 g/mol. The van der Waals surface area contributed by atoms with Crippen molar-refractivity contribution >= 4 is 34.1 Å². The van der Waals surface area contributed by atoms with E-state index in [1.807, 2.05) is 35.7 Å². The molecule has 142 valence electrons. The van der Waals surface area contributed by atoms with Crippen LogP contribution < -0.4 is 10.6 Å². The summed E-state index contributed by atoms with van der Waals surface area (Å²) in [4.78, 5) is 21.4. The van der Waals surface area contributed by atoms with Crippen LogP contribution in [0.25, 0.3) is 11.0 Å². The Balaban J connectivity index is 1.36. The number of amides is 1. The zero-order valence-electron chi connectivity index (χ0n) is 15.2. The van der Waals surface area contributed by atoms with E-state index in [1.54, 1.807) is 10.9 Å². The van der Waals surface area contributed by atoms with Crippen molar-refractivity contribution in [1.82, 2.24) is 25.1 Å². The summed E-state index contributed by atoms with van der Waals surface area (Å²) in [5.41, 5.74) is 2.03. The Labute approximate surface area is 166 Å². The highest BCUT2D eigenvalue weighted by molar-refractivity contribution is 7.12. The summed E-state index contributed by atoms with van der Waals surface area (Å²) in [6.07, 6.45) is 4.21. The number of hydrogen-bond acceptors (Lipinski definition) is 6. The first-order valence-electron chi connectivity index (χ1n) is 9.07. The Kier molecular flexibility index (Phi) is 5.58. The molecule has 0 unspecified atom stereocenters. The number of rotatable bonds is 8. The summed E-state index contributed by atoms with van der Waals surface area (Å²) < 4.78 is 1.79. The largest absolute Gasteiger partial charge is 0.369 e. The average Bonchev–Trinajstić information content (AvgIpc) is 3.40. The maximum atomic E-state index is 12.0. The number of fused-ring (bicyclic) bond motifs is 1. The highest BCUT2D eigenvalue weighted by Crippen LogP contribution is 2.18. The van der Waals surface area contributed by atoms with Gasteiger partial charge in [-0.1, -0.05) is 36.4 Å². The van der Waals surface area contributed by atoms with Gasteiger partial charge in [-0.25, -0.2) is 14.6 Å². The first-order valence-corrected chi connectivity index (χ1v) is 9.95. The standard InChI is InChI=1S/C20H20N6OS/c27-20(17-7-4-12-28-17)22-10-11-26-19-16(13-25-26)18(23-14-24-19)21-9-8-15-5-2-1-3-6-15/h1-7,12-14H,8-11H2,(H,22,27)(H,21,23,24). The van der Waals surface area contributed by atoms with Gasteiger partial charge in [0.2, 0.25) is 0 Å². The van der Waals surface area contributed by atoms with Crippen LogP contribution in [0, 0.1) is 0 Å². The molecule has 0 aliphatic heterocycles. The first-order chi connectivity index (χ1) is 13.8. The summed E-state index contributed by atoms with van der Waals surface area (Å²) in [6, 6.07) is 14.0. The van der Waals surface area contributed by atoms with Crippen molar-refractivity contribution in [2.45, 2.75) is 13.0 Å². The topological polar surface area (TPSA) is 84.7 Å². The Morgan fingerprint density at radius 3 is 2.79 bits per heavy atom. The second-order valence-electron chi connectivity index (χ2n) is 6.22. The summed E-state index contributed by atoms with van der Waals surface area (Å²) in [5.74, 6) is 0.708. The Hall–Kier alpha value is -3.26. The maximum Gasteiger partial charge on any atom is 0.261 e. The van der Waals surface area contributed by atoms with Crippen molar-refractivity contribution < 1.29 is 4.79 Å². The number of carbonyl (C=O) groups excluding carboxylic acids is 1. The summed E-state index contributed by atoms with van der Waals surface area (Å²) in [7, 11) is 0. The second kappa shape index (κ2) is 8.62. The van der Waals surface area contributed by atoms with Crippen LogP contribution in [0.3, 0.4) is 0 Å². The molecule has 8 heteroatoms. The monoisotopic (exact) mass is 392 g/mol. The van der Waals surface area contributed by atoms with Gasteiger partial charge in [-0.3, -0.25) is 4.79 Å². The number of nitrogens with one attached hydrogen (secondary N) is 2. The van der Waals surface area contributed by atoms with Crippen LogP contribution >= 0.6 is 11.3 Å². The lowest BCUT2D eigenvalue weighted by atomic mass is 10.1. The predicted molar refractivity (Wildman–Crippen MR) is 111 cm³/mol. The fourth-order valence-corrected chi connectivity index (χ4v) is 3.58. The molecule has 4 aromatic rings. The number of carbonyl (C=O) groups is 1. The third-order valence-electron chi connectivity index (χ3n) is 4.34. The molecule has 7 nitrogen and oxygen atoms in total. The highest BCUT2D eigenvalue weighted by Gasteiger charge is 2.10. The zero-order valence-corrected chi connectivity index (χ0v) is 16.0. The van der Waals surface area contributed by atoms with Crippen LogP contribution in [0.4, 0.5) is 5.82 Å². The van der Waals surface area contributed by atoms with E-state index in [2.05, 4.69) is 37.8 Å². The highest BCUT2D eigenvalue weighted by atomic mass is 32.1. The van der Waals surface area contributed by atoms with Gasteiger partial charge in [-0.05, 0) is 23.4 Å². The minimum Gasteiger partial charge on any atom is -0.369 e. The first kappa shape index (κ1) is 18.1. The van der Waals surface area contributed by atoms with Crippen molar-refractivity contribution in [3.8, 4) is 0 Å². The van der Waals surface area contributed by atoms with Crippen LogP contribution in [0.15, 0.2) is 60.4 Å². The lowest BCUT2D eigenvalue weighted by molar-refractivity contribution is 0.0956. The Morgan fingerprint density at radius 2 is 1.96 bits per heavy atom. The molecule has 3 aromatic heterocycles. The molecule has 0 saturated heterocycles. The van der Waals surface area contributed by atoms with Gasteiger partial charge in [0, 0.05) is 13.1 Å². The van der Waals surface area contributed by atoms with Crippen LogP contribution in [0.2, 0.25) is 0 Å². The van der Waals surface area contributed by atoms with E-state index in [9.17, 15) is 4.79 Å². The number of benzene rings is 1. The smallest absolute Gasteiger partial charge is 0.261 e. The lowest BCUT2D eigenvalue weighted by Gasteiger charge is -2.07. The molecule has 2 N–H and O–H groups in total. The Bertz CT molecular complexity index is 1050. The van der Waals surface area contributed by atoms with E-state index in [-0.39, 0.29) is 5.91 Å². The van der Waals surface area contributed by atoms with Gasteiger partial charge in [0.05, 0.1) is 23.0 Å². The third kappa shape index (κ3) is 4.17. The molecule has 0 spiro atoms. The summed E-state index contributed by atoms with van der Waals surface area (Å²) in [5, 5.41) is 13.4. The van der Waals surface area contributed by atoms with Gasteiger partial charge in [0.1, 0.15) is 12.1 Å². The second-order valence-corrected chi connectivity index (χ2v) is 7.17. The van der Waals surface area contributed by atoms with Crippen molar-refractivity contribution in [2.75, 3.05) is 18.4 Å². The quantitative estimate of drug-likeness (QED) is 0.482. The zero-order chi connectivity index (χ0) is 19.2. The molecule has 1 aromatic carbocycles. The molecule has 0 bridgehead atoms. The fourth-order valence-electron chi connectivity index (χ4n) is 2.94. The van der Waals surface area contributed by atoms with Gasteiger partial charge >= 0.3 is 0 Å². The van der Waals surface area contributed by atoms with Gasteiger partial charge in [-0.2, -0.15) is 5.10 Å². The molecule has 0 aliphatic carbocycles. The summed E-state index contributed by atoms with van der Waals surface area (Å²) in [6.45, 7) is 1.80. The minimum absolute atomic E-state index is 0.0654. The fraction of sp³-hybridized carbons (Fsp3) is 0.200. The molecule has 4 rings (SSSR count). The van der Waals surface area contributed by atoms with Gasteiger partial charge < -0.3 is 10.6 Å². The molecule has 0 radical (unpaired) electrons. The van der Waals surface area contributed by atoms with E-state index >= 15 is 0 Å². The minimum atomic E-state index is -0.0654. The van der Waals surface area contributed by atoms with Gasteiger partial charge in [0.25, 0.3) is 5.91 Å². The lowest BCUT2D eigenvalue weighted by Crippen LogP contribution is -2.26. The van der Waals surface area contributed by atoms with Crippen molar-refractivity contribution in [1.29, 1.82) is 0 Å². The molecule has 0 aliphatic rings. The molecule has 0 saturated carbocycles. The van der Waals surface area contributed by atoms with Gasteiger partial charge in [-0.15, -0.1) is 11.3 Å². The van der Waals surface area contributed by atoms with Crippen LogP contribution in [-0.2, 0) is 13.0 Å². The molecular formula is C20H20N6OS. The maximum absolute atomic E-state index is 12.0. The van der Waals surface area contributed by atoms with E-state index in [0.29, 0.717) is 18.0 Å². The third-order valence-corrected chi connectivity index (χ3v) is 5.21. The van der Waals surface area contributed by atoms with Crippen LogP contribution in [0.5, 0.6) is 0 Å². The molecule has 0 fully saturated rings. The summed E-state index contributed by atoms with van der Waals surface area (Å²) >= 11 is 1.43. The Morgan fingerprint density at radius 1 is 1.07 bits per heavy atom. The van der Waals surface area contributed by atoms with Crippen LogP contribution in [-0.4, -0.2) is 38.7 Å². The van der Waals surface area contributed by atoms with Crippen molar-refractivity contribution in [3.05, 3.63) is 70.8 Å². The van der Waals surface area contributed by atoms with E-state index in [1.165, 1.54) is 23.2 Å². The number of thiophene rings is 1. The number of aromatic nitrogens is 4. The van der Waals surface area contributed by atoms with E-state index < -0.39 is 0 Å². The number of hydrogen-bond donors (Lipinski definition) is 2. The van der Waals surface area contributed by atoms with Gasteiger partial charge in [0.15, 0.2) is 5.65 Å². The van der Waals surface area contributed by atoms with Crippen molar-refractivity contribution in [3.63, 3.8) is 0 Å². The molecule has 3 heterocycles. The van der Waals surface area contributed by atoms with E-state index in [4.69, 9.17) is 0 Å². The van der Waals surface area contributed by atoms with Crippen molar-refractivity contribution in [2.24, 2.45) is 0 Å². The molecular weight excluding hydrogens is 372 g/mol. The van der Waals surface area contributed by atoms with Crippen LogP contribution in [0.1, 0.15) is 15.2 Å². The number of nitrogens with zero attached hydrogens (tertiary/aromatic N) is 4. The normalized spacial score (nSPS) is 10.9. The van der Waals surface area contributed by atoms with E-state index in [0.717, 1.165) is 29.8 Å². The molecule has 28 heavy (non-hydrogen) atoms. The SMILES string of the molecule is O=C(NCCn1ncc2c(NCCc3ccccc3)ncnc21)c1cccs1. The predicted octanol–water partition coefficient (Wildman–Crippen LogP) is 2.97. The number of anilines is 1. The molecule has 0 atom stereocenters.